The molecule has 0 aromatic heterocycles. The van der Waals surface area contributed by atoms with Gasteiger partial charge in [0.15, 0.2) is 5.78 Å². The summed E-state index contributed by atoms with van der Waals surface area (Å²) in [5.74, 6) is -0.132. The number of phenolic OH excluding ortho intramolecular Hbond substituents is 1. The van der Waals surface area contributed by atoms with E-state index in [0.29, 0.717) is 10.0 Å². The SMILES string of the molecule is O=C(/C=C(/Br)C1=CC=CN=CN1)c1cccc(O)c1. The zero-order valence-corrected chi connectivity index (χ0v) is 11.5. The molecule has 2 rings (SSSR count). The molecule has 0 amide bonds. The van der Waals surface area contributed by atoms with E-state index in [4.69, 9.17) is 0 Å². The molecule has 0 atom stereocenters. The molecular formula is C14H11BrN2O2. The molecule has 5 heteroatoms. The van der Waals surface area contributed by atoms with Crippen LogP contribution in [0.4, 0.5) is 0 Å². The zero-order chi connectivity index (χ0) is 13.7. The molecule has 0 unspecified atom stereocenters. The molecule has 1 aromatic carbocycles. The van der Waals surface area contributed by atoms with Crippen molar-refractivity contribution >= 4 is 28.1 Å². The monoisotopic (exact) mass is 318 g/mol. The van der Waals surface area contributed by atoms with E-state index < -0.39 is 0 Å². The minimum Gasteiger partial charge on any atom is -0.508 e. The fraction of sp³-hybridized carbons (Fsp3) is 0. The van der Waals surface area contributed by atoms with Crippen LogP contribution in [-0.4, -0.2) is 17.2 Å². The van der Waals surface area contributed by atoms with Gasteiger partial charge in [-0.25, -0.2) is 4.99 Å². The average molecular weight is 319 g/mol. The largest absolute Gasteiger partial charge is 0.508 e. The number of aromatic hydroxyl groups is 1. The molecular weight excluding hydrogens is 308 g/mol. The van der Waals surface area contributed by atoms with Gasteiger partial charge in [-0.1, -0.05) is 12.1 Å². The number of hydrogen-bond donors (Lipinski definition) is 2. The van der Waals surface area contributed by atoms with Crippen molar-refractivity contribution in [3.8, 4) is 5.75 Å². The number of carbonyl (C=O) groups is 1. The van der Waals surface area contributed by atoms with Gasteiger partial charge in [0.25, 0.3) is 0 Å². The number of phenols is 1. The Labute approximate surface area is 119 Å². The van der Waals surface area contributed by atoms with Crippen molar-refractivity contribution in [3.05, 3.63) is 64.4 Å². The highest BCUT2D eigenvalue weighted by molar-refractivity contribution is 9.12. The fourth-order valence-electron chi connectivity index (χ4n) is 1.47. The van der Waals surface area contributed by atoms with Crippen molar-refractivity contribution in [1.82, 2.24) is 5.32 Å². The van der Waals surface area contributed by atoms with Gasteiger partial charge in [-0.15, -0.1) is 0 Å². The maximum absolute atomic E-state index is 12.0. The lowest BCUT2D eigenvalue weighted by Gasteiger charge is -2.04. The smallest absolute Gasteiger partial charge is 0.187 e. The van der Waals surface area contributed by atoms with E-state index in [9.17, 15) is 9.90 Å². The minimum atomic E-state index is -0.198. The number of carbonyl (C=O) groups excluding carboxylic acids is 1. The Hall–Kier alpha value is -2.14. The summed E-state index contributed by atoms with van der Waals surface area (Å²) in [5.41, 5.74) is 1.15. The first-order valence-electron chi connectivity index (χ1n) is 5.53. The summed E-state index contributed by atoms with van der Waals surface area (Å²) in [6.45, 7) is 0. The highest BCUT2D eigenvalue weighted by atomic mass is 79.9. The Bertz CT molecular complexity index is 616. The zero-order valence-electron chi connectivity index (χ0n) is 9.88. The van der Waals surface area contributed by atoms with Gasteiger partial charge in [0.2, 0.25) is 0 Å². The van der Waals surface area contributed by atoms with Crippen LogP contribution >= 0.6 is 15.9 Å². The second kappa shape index (κ2) is 6.15. The van der Waals surface area contributed by atoms with Crippen LogP contribution in [-0.2, 0) is 0 Å². The van der Waals surface area contributed by atoms with Gasteiger partial charge in [0, 0.05) is 22.3 Å². The van der Waals surface area contributed by atoms with E-state index in [2.05, 4.69) is 26.2 Å². The van der Waals surface area contributed by atoms with Crippen LogP contribution in [0.25, 0.3) is 0 Å². The molecule has 4 nitrogen and oxygen atoms in total. The Balaban J connectivity index is 2.21. The summed E-state index contributed by atoms with van der Waals surface area (Å²) < 4.78 is 0.610. The second-order valence-electron chi connectivity index (χ2n) is 3.75. The predicted molar refractivity (Wildman–Crippen MR) is 78.3 cm³/mol. The molecule has 0 spiro atoms. The fourth-order valence-corrected chi connectivity index (χ4v) is 1.93. The van der Waals surface area contributed by atoms with Gasteiger partial charge in [-0.2, -0.15) is 0 Å². The van der Waals surface area contributed by atoms with Crippen molar-refractivity contribution in [3.63, 3.8) is 0 Å². The van der Waals surface area contributed by atoms with Gasteiger partial charge in [0.05, 0.1) is 12.0 Å². The summed E-state index contributed by atoms with van der Waals surface area (Å²) in [4.78, 5) is 15.9. The maximum atomic E-state index is 12.0. The molecule has 0 saturated heterocycles. The Morgan fingerprint density at radius 1 is 1.42 bits per heavy atom. The molecule has 1 aliphatic heterocycles. The molecule has 0 radical (unpaired) electrons. The van der Waals surface area contributed by atoms with Gasteiger partial charge in [0.1, 0.15) is 5.75 Å². The number of hydrogen-bond acceptors (Lipinski definition) is 4. The van der Waals surface area contributed by atoms with Crippen molar-refractivity contribution in [2.45, 2.75) is 0 Å². The number of ketones is 1. The molecule has 2 N–H and O–H groups in total. The number of allylic oxidation sites excluding steroid dienone is 4. The van der Waals surface area contributed by atoms with Crippen molar-refractivity contribution in [1.29, 1.82) is 0 Å². The predicted octanol–water partition coefficient (Wildman–Crippen LogP) is 2.88. The molecule has 96 valence electrons. The normalized spacial score (nSPS) is 14.6. The van der Waals surface area contributed by atoms with Gasteiger partial charge in [-0.3, -0.25) is 4.79 Å². The lowest BCUT2D eigenvalue weighted by atomic mass is 10.1. The minimum absolute atomic E-state index is 0.0669. The van der Waals surface area contributed by atoms with Crippen LogP contribution in [0.5, 0.6) is 5.75 Å². The highest BCUT2D eigenvalue weighted by Gasteiger charge is 2.07. The van der Waals surface area contributed by atoms with Crippen LogP contribution in [0, 0.1) is 0 Å². The first kappa shape index (κ1) is 13.3. The van der Waals surface area contributed by atoms with E-state index in [1.807, 2.05) is 0 Å². The summed E-state index contributed by atoms with van der Waals surface area (Å²) in [5, 5.41) is 12.3. The number of nitrogens with zero attached hydrogens (tertiary/aromatic N) is 1. The van der Waals surface area contributed by atoms with Crippen molar-refractivity contribution < 1.29 is 9.90 Å². The molecule has 0 bridgehead atoms. The van der Waals surface area contributed by atoms with Crippen LogP contribution < -0.4 is 5.32 Å². The van der Waals surface area contributed by atoms with E-state index in [-0.39, 0.29) is 11.5 Å². The van der Waals surface area contributed by atoms with Gasteiger partial charge < -0.3 is 10.4 Å². The number of nitrogens with one attached hydrogen (secondary N) is 1. The molecule has 0 saturated carbocycles. The molecule has 19 heavy (non-hydrogen) atoms. The topological polar surface area (TPSA) is 61.7 Å². The van der Waals surface area contributed by atoms with Crippen LogP contribution in [0.15, 0.2) is 63.9 Å². The second-order valence-corrected chi connectivity index (χ2v) is 4.61. The molecule has 0 fully saturated rings. The Morgan fingerprint density at radius 3 is 3.05 bits per heavy atom. The molecule has 1 aromatic rings. The van der Waals surface area contributed by atoms with Gasteiger partial charge in [-0.05, 0) is 40.2 Å². The highest BCUT2D eigenvalue weighted by Crippen LogP contribution is 2.18. The van der Waals surface area contributed by atoms with Crippen LogP contribution in [0.3, 0.4) is 0 Å². The summed E-state index contributed by atoms with van der Waals surface area (Å²) >= 11 is 3.34. The lowest BCUT2D eigenvalue weighted by Crippen LogP contribution is -2.10. The number of benzene rings is 1. The third-order valence-corrected chi connectivity index (χ3v) is 3.03. The molecule has 1 heterocycles. The van der Waals surface area contributed by atoms with E-state index in [0.717, 1.165) is 5.70 Å². The molecule has 0 aliphatic carbocycles. The van der Waals surface area contributed by atoms with Crippen molar-refractivity contribution in [2.75, 3.05) is 0 Å². The Morgan fingerprint density at radius 2 is 2.26 bits per heavy atom. The number of rotatable bonds is 3. The lowest BCUT2D eigenvalue weighted by molar-refractivity contribution is 0.104. The van der Waals surface area contributed by atoms with E-state index in [1.165, 1.54) is 24.5 Å². The number of aliphatic imine (C=N–C) groups is 1. The van der Waals surface area contributed by atoms with Gasteiger partial charge >= 0.3 is 0 Å². The first-order chi connectivity index (χ1) is 9.16. The summed E-state index contributed by atoms with van der Waals surface area (Å²) in [7, 11) is 0. The summed E-state index contributed by atoms with van der Waals surface area (Å²) in [6, 6.07) is 6.22. The third-order valence-electron chi connectivity index (χ3n) is 2.38. The first-order valence-corrected chi connectivity index (χ1v) is 6.32. The van der Waals surface area contributed by atoms with E-state index in [1.54, 1.807) is 30.5 Å². The third kappa shape index (κ3) is 3.66. The van der Waals surface area contributed by atoms with Crippen molar-refractivity contribution in [2.24, 2.45) is 4.99 Å². The van der Waals surface area contributed by atoms with E-state index >= 15 is 0 Å². The van der Waals surface area contributed by atoms with Crippen LogP contribution in [0.2, 0.25) is 0 Å². The Kier molecular flexibility index (Phi) is 4.30. The van der Waals surface area contributed by atoms with Crippen LogP contribution in [0.1, 0.15) is 10.4 Å². The maximum Gasteiger partial charge on any atom is 0.187 e. The summed E-state index contributed by atoms with van der Waals surface area (Å²) in [6.07, 6.45) is 8.17. The quantitative estimate of drug-likeness (QED) is 0.665. The standard InChI is InChI=1S/C14H11BrN2O2/c15-12(13-5-2-6-16-9-17-13)8-14(19)10-3-1-4-11(18)7-10/h1-9,18H,(H,16,17)/b12-8+. The number of halogens is 1. The average Bonchev–Trinajstić information content (AvgIpc) is 2.67. The molecule has 1 aliphatic rings.